The van der Waals surface area contributed by atoms with Crippen molar-refractivity contribution in [3.63, 3.8) is 0 Å². The molecule has 0 aliphatic heterocycles. The minimum Gasteiger partial charge on any atom is -0.476 e. The van der Waals surface area contributed by atoms with Crippen molar-refractivity contribution in [2.45, 2.75) is 18.3 Å². The van der Waals surface area contributed by atoms with Crippen molar-refractivity contribution in [3.8, 4) is 0 Å². The molecule has 0 aromatic carbocycles. The third kappa shape index (κ3) is 0.681. The summed E-state index contributed by atoms with van der Waals surface area (Å²) in [6.45, 7) is 0. The van der Waals surface area contributed by atoms with E-state index in [9.17, 15) is 13.6 Å². The normalized spacial score (nSPS) is 31.0. The van der Waals surface area contributed by atoms with Crippen molar-refractivity contribution in [2.75, 3.05) is 0 Å². The zero-order chi connectivity index (χ0) is 10.1. The Labute approximate surface area is 76.9 Å². The van der Waals surface area contributed by atoms with Gasteiger partial charge in [-0.05, 0) is 12.3 Å². The second kappa shape index (κ2) is 1.97. The molecular weight excluding hydrogens is 194 g/mol. The molecule has 4 nitrogen and oxygen atoms in total. The SMILES string of the molecule is O=C(O)c1n[nH]c2c1[C@H]1C[C@H]1C2(F)F. The van der Waals surface area contributed by atoms with Gasteiger partial charge in [0.25, 0.3) is 5.92 Å². The van der Waals surface area contributed by atoms with Crippen LogP contribution in [0.25, 0.3) is 0 Å². The van der Waals surface area contributed by atoms with E-state index in [1.165, 1.54) is 0 Å². The number of H-pyrrole nitrogens is 1. The molecule has 0 spiro atoms. The molecule has 0 radical (unpaired) electrons. The summed E-state index contributed by atoms with van der Waals surface area (Å²) in [6.07, 6.45) is 0.375. The van der Waals surface area contributed by atoms with Gasteiger partial charge in [0, 0.05) is 11.5 Å². The maximum Gasteiger partial charge on any atom is 0.356 e. The summed E-state index contributed by atoms with van der Waals surface area (Å²) >= 11 is 0. The number of hydrogen-bond acceptors (Lipinski definition) is 2. The molecule has 2 aliphatic carbocycles. The lowest BCUT2D eigenvalue weighted by Gasteiger charge is -2.09. The number of carboxylic acid groups (broad SMARTS) is 1. The lowest BCUT2D eigenvalue weighted by molar-refractivity contribution is -0.0268. The topological polar surface area (TPSA) is 66.0 Å². The first-order valence-corrected chi connectivity index (χ1v) is 4.23. The summed E-state index contributed by atoms with van der Waals surface area (Å²) in [7, 11) is 0. The van der Waals surface area contributed by atoms with Crippen LogP contribution in [0.1, 0.15) is 34.1 Å². The molecule has 6 heteroatoms. The van der Waals surface area contributed by atoms with Crippen LogP contribution >= 0.6 is 0 Å². The van der Waals surface area contributed by atoms with Crippen LogP contribution in [-0.4, -0.2) is 21.3 Å². The molecule has 1 aromatic heterocycles. The Kier molecular flexibility index (Phi) is 1.11. The Hall–Kier alpha value is -1.46. The second-order valence-corrected chi connectivity index (χ2v) is 3.74. The molecule has 0 amide bonds. The molecule has 1 fully saturated rings. The van der Waals surface area contributed by atoms with Crippen molar-refractivity contribution < 1.29 is 18.7 Å². The number of carboxylic acids is 1. The van der Waals surface area contributed by atoms with Crippen LogP contribution in [-0.2, 0) is 5.92 Å². The zero-order valence-corrected chi connectivity index (χ0v) is 6.92. The molecule has 3 rings (SSSR count). The van der Waals surface area contributed by atoms with Crippen LogP contribution in [0, 0.1) is 5.92 Å². The Morgan fingerprint density at radius 3 is 3.00 bits per heavy atom. The van der Waals surface area contributed by atoms with Crippen molar-refractivity contribution in [2.24, 2.45) is 5.92 Å². The summed E-state index contributed by atoms with van der Waals surface area (Å²) in [5.74, 6) is -5.17. The van der Waals surface area contributed by atoms with Crippen LogP contribution in [0.5, 0.6) is 0 Å². The van der Waals surface area contributed by atoms with Crippen molar-refractivity contribution in [1.29, 1.82) is 0 Å². The van der Waals surface area contributed by atoms with E-state index in [1.807, 2.05) is 0 Å². The number of carbonyl (C=O) groups is 1. The fourth-order valence-corrected chi connectivity index (χ4v) is 2.23. The third-order valence-electron chi connectivity index (χ3n) is 2.97. The summed E-state index contributed by atoms with van der Waals surface area (Å²) in [6, 6.07) is 0. The number of rotatable bonds is 1. The molecule has 1 aromatic rings. The van der Waals surface area contributed by atoms with Gasteiger partial charge in [-0.2, -0.15) is 13.9 Å². The average molecular weight is 200 g/mol. The Bertz CT molecular complexity index is 441. The predicted octanol–water partition coefficient (Wildman–Crippen LogP) is 1.32. The van der Waals surface area contributed by atoms with Gasteiger partial charge in [-0.3, -0.25) is 5.10 Å². The quantitative estimate of drug-likeness (QED) is 0.718. The zero-order valence-electron chi connectivity index (χ0n) is 6.92. The monoisotopic (exact) mass is 200 g/mol. The largest absolute Gasteiger partial charge is 0.476 e. The molecule has 2 aliphatic rings. The molecule has 0 bridgehead atoms. The summed E-state index contributed by atoms with van der Waals surface area (Å²) in [5, 5.41) is 14.3. The molecule has 0 saturated heterocycles. The Morgan fingerprint density at radius 1 is 1.64 bits per heavy atom. The van der Waals surface area contributed by atoms with E-state index >= 15 is 0 Å². The van der Waals surface area contributed by atoms with E-state index in [2.05, 4.69) is 10.2 Å². The van der Waals surface area contributed by atoms with Crippen molar-refractivity contribution >= 4 is 5.97 Å². The first-order chi connectivity index (χ1) is 6.53. The standard InChI is InChI=1S/C8H6F2N2O2/c9-8(10)3-1-2(3)4-5(7(13)14)11-12-6(4)8/h2-3H,1H2,(H,11,12)(H,13,14)/t2-,3+/m0/s1. The van der Waals surface area contributed by atoms with Gasteiger partial charge in [0.15, 0.2) is 5.69 Å². The minimum absolute atomic E-state index is 0.215. The van der Waals surface area contributed by atoms with Crippen LogP contribution in [0.3, 0.4) is 0 Å². The maximum atomic E-state index is 13.4. The van der Waals surface area contributed by atoms with E-state index in [-0.39, 0.29) is 22.9 Å². The van der Waals surface area contributed by atoms with E-state index in [0.717, 1.165) is 0 Å². The molecule has 2 atom stereocenters. The van der Waals surface area contributed by atoms with Crippen LogP contribution in [0.4, 0.5) is 8.78 Å². The van der Waals surface area contributed by atoms with Gasteiger partial charge in [-0.15, -0.1) is 0 Å². The smallest absolute Gasteiger partial charge is 0.356 e. The highest BCUT2D eigenvalue weighted by molar-refractivity contribution is 5.88. The summed E-state index contributed by atoms with van der Waals surface area (Å²) in [5.41, 5.74) is -0.326. The Morgan fingerprint density at radius 2 is 2.36 bits per heavy atom. The molecule has 1 heterocycles. The van der Waals surface area contributed by atoms with Crippen LogP contribution in [0.2, 0.25) is 0 Å². The van der Waals surface area contributed by atoms with Crippen molar-refractivity contribution in [1.82, 2.24) is 10.2 Å². The number of alkyl halides is 2. The first kappa shape index (κ1) is 7.90. The fourth-order valence-electron chi connectivity index (χ4n) is 2.23. The molecule has 74 valence electrons. The predicted molar refractivity (Wildman–Crippen MR) is 40.3 cm³/mol. The number of aromatic carboxylic acids is 1. The number of nitrogens with zero attached hydrogens (tertiary/aromatic N) is 1. The van der Waals surface area contributed by atoms with Gasteiger partial charge in [0.05, 0.1) is 0 Å². The number of fused-ring (bicyclic) bond motifs is 3. The van der Waals surface area contributed by atoms with E-state index in [1.54, 1.807) is 0 Å². The van der Waals surface area contributed by atoms with Crippen LogP contribution in [0.15, 0.2) is 0 Å². The number of halogens is 2. The number of nitrogens with one attached hydrogen (secondary N) is 1. The molecular formula is C8H6F2N2O2. The number of aromatic amines is 1. The van der Waals surface area contributed by atoms with E-state index in [0.29, 0.717) is 6.42 Å². The highest BCUT2D eigenvalue weighted by Gasteiger charge is 2.66. The van der Waals surface area contributed by atoms with E-state index in [4.69, 9.17) is 5.11 Å². The fraction of sp³-hybridized carbons (Fsp3) is 0.500. The van der Waals surface area contributed by atoms with Gasteiger partial charge >= 0.3 is 5.97 Å². The van der Waals surface area contributed by atoms with Gasteiger partial charge in [-0.25, -0.2) is 4.79 Å². The molecule has 1 saturated carbocycles. The second-order valence-electron chi connectivity index (χ2n) is 3.74. The van der Waals surface area contributed by atoms with Gasteiger partial charge in [-0.1, -0.05) is 0 Å². The van der Waals surface area contributed by atoms with E-state index < -0.39 is 17.8 Å². The summed E-state index contributed by atoms with van der Waals surface area (Å²) < 4.78 is 26.8. The lowest BCUT2D eigenvalue weighted by Crippen LogP contribution is -2.14. The summed E-state index contributed by atoms with van der Waals surface area (Å²) in [4.78, 5) is 10.7. The van der Waals surface area contributed by atoms with Crippen LogP contribution < -0.4 is 0 Å². The van der Waals surface area contributed by atoms with Crippen molar-refractivity contribution in [3.05, 3.63) is 17.0 Å². The highest BCUT2D eigenvalue weighted by Crippen LogP contribution is 2.66. The molecule has 14 heavy (non-hydrogen) atoms. The first-order valence-electron chi connectivity index (χ1n) is 4.23. The average Bonchev–Trinajstić information content (AvgIpc) is 2.70. The minimum atomic E-state index is -2.92. The lowest BCUT2D eigenvalue weighted by atomic mass is 10.1. The third-order valence-corrected chi connectivity index (χ3v) is 2.97. The highest BCUT2D eigenvalue weighted by atomic mass is 19.3. The maximum absolute atomic E-state index is 13.4. The number of aromatic nitrogens is 2. The Balaban J connectivity index is 2.22. The van der Waals surface area contributed by atoms with Gasteiger partial charge in [0.1, 0.15) is 5.69 Å². The molecule has 0 unspecified atom stereocenters. The number of hydrogen-bond donors (Lipinski definition) is 2. The van der Waals surface area contributed by atoms with Gasteiger partial charge < -0.3 is 5.11 Å². The molecule has 2 N–H and O–H groups in total. The van der Waals surface area contributed by atoms with Gasteiger partial charge in [0.2, 0.25) is 0 Å².